The Bertz CT molecular complexity index is 683. The molecule has 0 aromatic heterocycles. The van der Waals surface area contributed by atoms with Gasteiger partial charge in [-0.05, 0) is 61.9 Å². The molecular weight excluding hydrogens is 297 g/mol. The van der Waals surface area contributed by atoms with Crippen molar-refractivity contribution in [1.29, 1.82) is 0 Å². The Morgan fingerprint density at radius 1 is 1.26 bits per heavy atom. The summed E-state index contributed by atoms with van der Waals surface area (Å²) in [6.45, 7) is 1.89. The van der Waals surface area contributed by atoms with E-state index in [0.29, 0.717) is 18.5 Å². The first-order valence-corrected chi connectivity index (χ1v) is 8.21. The van der Waals surface area contributed by atoms with Gasteiger partial charge < -0.3 is 16.0 Å². The van der Waals surface area contributed by atoms with E-state index in [1.807, 2.05) is 0 Å². The Morgan fingerprint density at radius 2 is 2.04 bits per heavy atom. The first kappa shape index (κ1) is 14.6. The van der Waals surface area contributed by atoms with Crippen molar-refractivity contribution in [2.24, 2.45) is 11.3 Å². The van der Waals surface area contributed by atoms with Crippen LogP contribution in [0.1, 0.15) is 31.2 Å². The van der Waals surface area contributed by atoms with Gasteiger partial charge in [-0.25, -0.2) is 4.39 Å². The summed E-state index contributed by atoms with van der Waals surface area (Å²) in [5, 5.41) is 8.77. The van der Waals surface area contributed by atoms with Gasteiger partial charge in [0.2, 0.25) is 11.8 Å². The highest BCUT2D eigenvalue weighted by molar-refractivity contribution is 5.98. The molecule has 1 aliphatic carbocycles. The Labute approximate surface area is 134 Å². The van der Waals surface area contributed by atoms with Crippen molar-refractivity contribution in [3.05, 3.63) is 23.5 Å². The van der Waals surface area contributed by atoms with E-state index in [1.165, 1.54) is 12.1 Å². The Kier molecular flexibility index (Phi) is 3.37. The lowest BCUT2D eigenvalue weighted by molar-refractivity contribution is -0.118. The smallest absolute Gasteiger partial charge is 0.228 e. The normalized spacial score (nSPS) is 24.7. The van der Waals surface area contributed by atoms with E-state index >= 15 is 0 Å². The van der Waals surface area contributed by atoms with Crippen LogP contribution in [0.4, 0.5) is 15.8 Å². The van der Waals surface area contributed by atoms with Crippen molar-refractivity contribution in [2.45, 2.75) is 32.1 Å². The number of anilines is 2. The summed E-state index contributed by atoms with van der Waals surface area (Å²) in [7, 11) is 0. The summed E-state index contributed by atoms with van der Waals surface area (Å²) in [5.41, 5.74) is 1.66. The third-order valence-electron chi connectivity index (χ3n) is 5.45. The number of nitrogens with one attached hydrogen (secondary N) is 3. The molecule has 122 valence electrons. The number of piperidine rings is 1. The number of aryl methyl sites for hydroxylation is 1. The molecular formula is C17H20FN3O2. The molecule has 2 fully saturated rings. The molecule has 6 heteroatoms. The number of halogens is 1. The quantitative estimate of drug-likeness (QED) is 0.782. The van der Waals surface area contributed by atoms with Gasteiger partial charge in [-0.2, -0.15) is 0 Å². The number of hydrogen-bond acceptors (Lipinski definition) is 3. The van der Waals surface area contributed by atoms with Crippen molar-refractivity contribution >= 4 is 23.2 Å². The van der Waals surface area contributed by atoms with Crippen molar-refractivity contribution in [1.82, 2.24) is 5.32 Å². The van der Waals surface area contributed by atoms with Gasteiger partial charge in [-0.1, -0.05) is 0 Å². The van der Waals surface area contributed by atoms with Crippen molar-refractivity contribution in [3.8, 4) is 0 Å². The average Bonchev–Trinajstić information content (AvgIpc) is 3.22. The van der Waals surface area contributed by atoms with Gasteiger partial charge in [0, 0.05) is 18.0 Å². The largest absolute Gasteiger partial charge is 0.326 e. The van der Waals surface area contributed by atoms with E-state index in [0.717, 1.165) is 37.9 Å². The fourth-order valence-corrected chi connectivity index (χ4v) is 3.91. The molecule has 3 aliphatic rings. The molecule has 0 bridgehead atoms. The Balaban J connectivity index is 1.50. The molecule has 1 saturated carbocycles. The van der Waals surface area contributed by atoms with Crippen LogP contribution >= 0.6 is 0 Å². The number of carbonyl (C=O) groups excluding carboxylic acids is 2. The van der Waals surface area contributed by atoms with Crippen LogP contribution in [0.15, 0.2) is 12.1 Å². The molecule has 4 rings (SSSR count). The Morgan fingerprint density at radius 3 is 2.83 bits per heavy atom. The fourth-order valence-electron chi connectivity index (χ4n) is 3.91. The van der Waals surface area contributed by atoms with Gasteiger partial charge in [0.25, 0.3) is 0 Å². The predicted octanol–water partition coefficient (Wildman–Crippen LogP) is 2.04. The number of rotatable bonds is 2. The van der Waals surface area contributed by atoms with Gasteiger partial charge in [0.05, 0.1) is 5.69 Å². The van der Waals surface area contributed by atoms with Crippen LogP contribution in [0.3, 0.4) is 0 Å². The number of fused-ring (bicyclic) bond motifs is 1. The second kappa shape index (κ2) is 5.30. The van der Waals surface area contributed by atoms with E-state index in [2.05, 4.69) is 16.0 Å². The maximum absolute atomic E-state index is 14.2. The second-order valence-electron chi connectivity index (χ2n) is 6.90. The van der Waals surface area contributed by atoms with Crippen LogP contribution in [-0.4, -0.2) is 24.9 Å². The van der Waals surface area contributed by atoms with E-state index in [1.54, 1.807) is 0 Å². The van der Waals surface area contributed by atoms with E-state index in [-0.39, 0.29) is 28.8 Å². The second-order valence-corrected chi connectivity index (χ2v) is 6.90. The first-order chi connectivity index (χ1) is 11.1. The van der Waals surface area contributed by atoms with E-state index in [4.69, 9.17) is 0 Å². The summed E-state index contributed by atoms with van der Waals surface area (Å²) >= 11 is 0. The number of carbonyl (C=O) groups is 2. The summed E-state index contributed by atoms with van der Waals surface area (Å²) in [4.78, 5) is 23.9. The standard InChI is InChI=1S/C17H20FN3O2/c18-12-7-10-1-2-15(22)20-13(10)8-14(12)21-16(23)11-9-17(11)3-5-19-6-4-17/h7-8,11,19H,1-6,9H2,(H,20,22)(H,21,23). The highest BCUT2D eigenvalue weighted by Crippen LogP contribution is 2.58. The lowest BCUT2D eigenvalue weighted by atomic mass is 9.91. The minimum atomic E-state index is -0.437. The molecule has 5 nitrogen and oxygen atoms in total. The maximum Gasteiger partial charge on any atom is 0.228 e. The van der Waals surface area contributed by atoms with E-state index < -0.39 is 5.82 Å². The minimum absolute atomic E-state index is 0.0189. The lowest BCUT2D eigenvalue weighted by Gasteiger charge is -2.23. The average molecular weight is 317 g/mol. The summed E-state index contributed by atoms with van der Waals surface area (Å²) in [5.74, 6) is -0.631. The molecule has 1 spiro atoms. The third kappa shape index (κ3) is 2.61. The molecule has 1 atom stereocenters. The molecule has 23 heavy (non-hydrogen) atoms. The summed E-state index contributed by atoms with van der Waals surface area (Å²) in [6, 6.07) is 2.95. The molecule has 1 unspecified atom stereocenters. The van der Waals surface area contributed by atoms with Gasteiger partial charge >= 0.3 is 0 Å². The van der Waals surface area contributed by atoms with E-state index in [9.17, 15) is 14.0 Å². The molecule has 0 radical (unpaired) electrons. The van der Waals surface area contributed by atoms with Crippen LogP contribution in [0.2, 0.25) is 0 Å². The van der Waals surface area contributed by atoms with Gasteiger partial charge in [0.1, 0.15) is 5.82 Å². The van der Waals surface area contributed by atoms with Crippen LogP contribution in [-0.2, 0) is 16.0 Å². The topological polar surface area (TPSA) is 70.2 Å². The molecule has 3 N–H and O–H groups in total. The maximum atomic E-state index is 14.2. The molecule has 1 aromatic rings. The summed E-state index contributed by atoms with van der Waals surface area (Å²) < 4.78 is 14.2. The third-order valence-corrected chi connectivity index (χ3v) is 5.45. The van der Waals surface area contributed by atoms with Gasteiger partial charge in [-0.15, -0.1) is 0 Å². The van der Waals surface area contributed by atoms with Crippen LogP contribution < -0.4 is 16.0 Å². The number of benzene rings is 1. The van der Waals surface area contributed by atoms with Crippen molar-refractivity contribution in [2.75, 3.05) is 23.7 Å². The minimum Gasteiger partial charge on any atom is -0.326 e. The molecule has 2 aliphatic heterocycles. The van der Waals surface area contributed by atoms with Crippen LogP contribution in [0.25, 0.3) is 0 Å². The zero-order valence-electron chi connectivity index (χ0n) is 12.9. The van der Waals surface area contributed by atoms with Crippen molar-refractivity contribution in [3.63, 3.8) is 0 Å². The zero-order valence-corrected chi connectivity index (χ0v) is 12.9. The van der Waals surface area contributed by atoms with Crippen LogP contribution in [0, 0.1) is 17.2 Å². The summed E-state index contributed by atoms with van der Waals surface area (Å²) in [6.07, 6.45) is 3.81. The predicted molar refractivity (Wildman–Crippen MR) is 84.6 cm³/mol. The molecule has 2 amide bonds. The van der Waals surface area contributed by atoms with Gasteiger partial charge in [-0.3, -0.25) is 9.59 Å². The fraction of sp³-hybridized carbons (Fsp3) is 0.529. The number of hydrogen-bond donors (Lipinski definition) is 3. The number of amides is 2. The monoisotopic (exact) mass is 317 g/mol. The molecule has 2 heterocycles. The highest BCUT2D eigenvalue weighted by atomic mass is 19.1. The zero-order chi connectivity index (χ0) is 16.0. The lowest BCUT2D eigenvalue weighted by Crippen LogP contribution is -2.31. The highest BCUT2D eigenvalue weighted by Gasteiger charge is 2.57. The van der Waals surface area contributed by atoms with Crippen molar-refractivity contribution < 1.29 is 14.0 Å². The first-order valence-electron chi connectivity index (χ1n) is 8.21. The SMILES string of the molecule is O=C1CCc2cc(F)c(NC(=O)C3CC34CCNCC4)cc2N1. The Hall–Kier alpha value is -1.95. The molecule has 1 aromatic carbocycles. The van der Waals surface area contributed by atoms with Gasteiger partial charge in [0.15, 0.2) is 0 Å². The molecule has 1 saturated heterocycles. The van der Waals surface area contributed by atoms with Crippen LogP contribution in [0.5, 0.6) is 0 Å².